The van der Waals surface area contributed by atoms with Crippen molar-refractivity contribution in [3.63, 3.8) is 0 Å². The maximum Gasteiger partial charge on any atom is 0.122 e. The standard InChI is InChI=1S/C6H13OPS2/c1-4-6-8(9,10-3)7-5-2/h4H,1,5-6H2,2-3H3. The van der Waals surface area contributed by atoms with Gasteiger partial charge in [0.2, 0.25) is 0 Å². The largest absolute Gasteiger partial charge is 0.341 e. The van der Waals surface area contributed by atoms with Crippen molar-refractivity contribution >= 4 is 28.7 Å². The molecule has 0 aliphatic rings. The summed E-state index contributed by atoms with van der Waals surface area (Å²) in [7, 11) is 0. The van der Waals surface area contributed by atoms with Gasteiger partial charge in [0.05, 0.1) is 0 Å². The zero-order valence-corrected chi connectivity index (χ0v) is 8.90. The van der Waals surface area contributed by atoms with Crippen molar-refractivity contribution in [1.82, 2.24) is 0 Å². The van der Waals surface area contributed by atoms with Gasteiger partial charge in [-0.15, -0.1) is 18.0 Å². The minimum Gasteiger partial charge on any atom is -0.341 e. The van der Waals surface area contributed by atoms with Gasteiger partial charge in [-0.05, 0) is 13.2 Å². The van der Waals surface area contributed by atoms with Crippen molar-refractivity contribution in [3.8, 4) is 0 Å². The van der Waals surface area contributed by atoms with Crippen LogP contribution in [-0.2, 0) is 16.3 Å². The average molecular weight is 196 g/mol. The number of allylic oxidation sites excluding steroid dienone is 1. The Hall–Kier alpha value is 0.700. The fraction of sp³-hybridized carbons (Fsp3) is 0.667. The second kappa shape index (κ2) is 5.36. The summed E-state index contributed by atoms with van der Waals surface area (Å²) in [5.74, 6) is 0. The topological polar surface area (TPSA) is 9.23 Å². The summed E-state index contributed by atoms with van der Waals surface area (Å²) in [4.78, 5) is 0. The molecule has 0 fully saturated rings. The first kappa shape index (κ1) is 10.7. The van der Waals surface area contributed by atoms with E-state index in [9.17, 15) is 0 Å². The van der Waals surface area contributed by atoms with E-state index in [1.54, 1.807) is 11.4 Å². The van der Waals surface area contributed by atoms with Crippen molar-refractivity contribution in [2.24, 2.45) is 0 Å². The Kier molecular flexibility index (Phi) is 5.74. The predicted molar refractivity (Wildman–Crippen MR) is 54.5 cm³/mol. The monoisotopic (exact) mass is 196 g/mol. The summed E-state index contributed by atoms with van der Waals surface area (Å²) in [5, 5.41) is 0. The van der Waals surface area contributed by atoms with Gasteiger partial charge in [0.1, 0.15) is 5.47 Å². The molecule has 1 unspecified atom stereocenters. The van der Waals surface area contributed by atoms with Crippen LogP contribution >= 0.6 is 16.8 Å². The normalized spacial score (nSPS) is 16.2. The minimum absolute atomic E-state index is 0.714. The molecule has 0 saturated carbocycles. The van der Waals surface area contributed by atoms with Crippen molar-refractivity contribution in [2.75, 3.05) is 19.0 Å². The Morgan fingerprint density at radius 1 is 1.80 bits per heavy atom. The number of hydrogen-bond acceptors (Lipinski definition) is 3. The molecule has 60 valence electrons. The molecular weight excluding hydrogens is 183 g/mol. The Balaban J connectivity index is 3.94. The van der Waals surface area contributed by atoms with Gasteiger partial charge in [0.25, 0.3) is 0 Å². The van der Waals surface area contributed by atoms with Gasteiger partial charge in [-0.2, -0.15) is 0 Å². The van der Waals surface area contributed by atoms with E-state index in [2.05, 4.69) is 6.58 Å². The van der Waals surface area contributed by atoms with Gasteiger partial charge in [0.15, 0.2) is 0 Å². The molecule has 0 bridgehead atoms. The number of rotatable bonds is 5. The maximum absolute atomic E-state index is 5.44. The zero-order chi connectivity index (χ0) is 8.04. The molecule has 0 rings (SSSR count). The highest BCUT2D eigenvalue weighted by Gasteiger charge is 2.11. The number of hydrogen-bond donors (Lipinski definition) is 0. The quantitative estimate of drug-likeness (QED) is 0.494. The summed E-state index contributed by atoms with van der Waals surface area (Å²) < 4.78 is 5.44. The lowest BCUT2D eigenvalue weighted by Crippen LogP contribution is -1.87. The van der Waals surface area contributed by atoms with Crippen LogP contribution in [0.3, 0.4) is 0 Å². The molecule has 0 radical (unpaired) electrons. The van der Waals surface area contributed by atoms with Gasteiger partial charge < -0.3 is 4.52 Å². The maximum atomic E-state index is 5.44. The van der Waals surface area contributed by atoms with Crippen LogP contribution in [0.2, 0.25) is 0 Å². The lowest BCUT2D eigenvalue weighted by Gasteiger charge is -2.16. The van der Waals surface area contributed by atoms with E-state index in [0.717, 1.165) is 6.16 Å². The van der Waals surface area contributed by atoms with Gasteiger partial charge in [-0.3, -0.25) is 0 Å². The fourth-order valence-electron chi connectivity index (χ4n) is 0.535. The predicted octanol–water partition coefficient (Wildman–Crippen LogP) is 2.88. The highest BCUT2D eigenvalue weighted by atomic mass is 32.9. The van der Waals surface area contributed by atoms with Crippen molar-refractivity contribution < 1.29 is 4.52 Å². The lowest BCUT2D eigenvalue weighted by molar-refractivity contribution is 0.386. The van der Waals surface area contributed by atoms with E-state index >= 15 is 0 Å². The van der Waals surface area contributed by atoms with E-state index in [1.165, 1.54) is 0 Å². The van der Waals surface area contributed by atoms with Crippen LogP contribution in [0.4, 0.5) is 0 Å². The Morgan fingerprint density at radius 2 is 2.40 bits per heavy atom. The van der Waals surface area contributed by atoms with E-state index in [4.69, 9.17) is 16.3 Å². The van der Waals surface area contributed by atoms with Crippen LogP contribution in [0.1, 0.15) is 6.92 Å². The molecule has 0 heterocycles. The molecule has 0 N–H and O–H groups in total. The molecule has 0 aliphatic heterocycles. The van der Waals surface area contributed by atoms with Gasteiger partial charge in [-0.1, -0.05) is 17.9 Å². The van der Waals surface area contributed by atoms with Gasteiger partial charge >= 0.3 is 0 Å². The van der Waals surface area contributed by atoms with Crippen molar-refractivity contribution in [1.29, 1.82) is 0 Å². The molecule has 4 heteroatoms. The Labute approximate surface area is 72.1 Å². The molecule has 0 saturated heterocycles. The molecule has 0 spiro atoms. The molecule has 1 nitrogen and oxygen atoms in total. The van der Waals surface area contributed by atoms with Crippen LogP contribution in [0, 0.1) is 0 Å². The van der Waals surface area contributed by atoms with Crippen LogP contribution in [0.5, 0.6) is 0 Å². The third-order valence-corrected chi connectivity index (χ3v) is 7.41. The van der Waals surface area contributed by atoms with Crippen LogP contribution < -0.4 is 0 Å². The van der Waals surface area contributed by atoms with Crippen molar-refractivity contribution in [2.45, 2.75) is 6.92 Å². The lowest BCUT2D eigenvalue weighted by atomic mass is 10.8. The van der Waals surface area contributed by atoms with Crippen LogP contribution in [-0.4, -0.2) is 19.0 Å². The zero-order valence-electron chi connectivity index (χ0n) is 6.37. The third kappa shape index (κ3) is 3.77. The summed E-state index contributed by atoms with van der Waals surface area (Å²) in [6, 6.07) is 0. The Bertz CT molecular complexity index is 147. The second-order valence-corrected chi connectivity index (χ2v) is 9.22. The SMILES string of the molecule is C=CCP(=S)(OCC)SC. The first-order chi connectivity index (χ1) is 4.68. The molecule has 0 aromatic rings. The third-order valence-electron chi connectivity index (χ3n) is 0.957. The highest BCUT2D eigenvalue weighted by molar-refractivity contribution is 8.69. The minimum atomic E-state index is -1.57. The molecule has 0 aliphatic carbocycles. The van der Waals surface area contributed by atoms with E-state index < -0.39 is 5.47 Å². The van der Waals surface area contributed by atoms with Gasteiger partial charge in [0, 0.05) is 12.8 Å². The molecule has 0 amide bonds. The van der Waals surface area contributed by atoms with Crippen LogP contribution in [0.25, 0.3) is 0 Å². The molecule has 0 aromatic heterocycles. The van der Waals surface area contributed by atoms with Crippen molar-refractivity contribution in [3.05, 3.63) is 12.7 Å². The first-order valence-corrected chi connectivity index (χ1v) is 7.82. The molecule has 10 heavy (non-hydrogen) atoms. The first-order valence-electron chi connectivity index (χ1n) is 3.08. The molecular formula is C6H13OPS2. The summed E-state index contributed by atoms with van der Waals surface area (Å²) in [6.45, 7) is 6.33. The Morgan fingerprint density at radius 3 is 2.70 bits per heavy atom. The smallest absolute Gasteiger partial charge is 0.122 e. The van der Waals surface area contributed by atoms with E-state index in [-0.39, 0.29) is 0 Å². The average Bonchev–Trinajstić information content (AvgIpc) is 1.89. The molecule has 1 atom stereocenters. The van der Waals surface area contributed by atoms with E-state index in [1.807, 2.05) is 19.3 Å². The van der Waals surface area contributed by atoms with Gasteiger partial charge in [-0.25, -0.2) is 0 Å². The van der Waals surface area contributed by atoms with Crippen LogP contribution in [0.15, 0.2) is 12.7 Å². The summed E-state index contributed by atoms with van der Waals surface area (Å²) >= 11 is 6.94. The second-order valence-electron chi connectivity index (χ2n) is 1.68. The summed E-state index contributed by atoms with van der Waals surface area (Å²) in [5.41, 5.74) is -1.57. The fourth-order valence-corrected chi connectivity index (χ4v) is 3.63. The summed E-state index contributed by atoms with van der Waals surface area (Å²) in [6.07, 6.45) is 4.67. The molecule has 0 aromatic carbocycles. The highest BCUT2D eigenvalue weighted by Crippen LogP contribution is 2.58. The van der Waals surface area contributed by atoms with E-state index in [0.29, 0.717) is 6.61 Å².